The lowest BCUT2D eigenvalue weighted by molar-refractivity contribution is 0.160. The van der Waals surface area contributed by atoms with E-state index in [1.165, 1.54) is 0 Å². The van der Waals surface area contributed by atoms with Crippen molar-refractivity contribution in [2.75, 3.05) is 5.32 Å². The molecule has 0 aromatic heterocycles. The Bertz CT molecular complexity index is 984. The van der Waals surface area contributed by atoms with Gasteiger partial charge in [0.1, 0.15) is 0 Å². The first-order valence-corrected chi connectivity index (χ1v) is 11.5. The van der Waals surface area contributed by atoms with E-state index in [1.807, 2.05) is 0 Å². The number of rotatable bonds is 3. The second-order valence-corrected chi connectivity index (χ2v) is 10.3. The highest BCUT2D eigenvalue weighted by Crippen LogP contribution is 2.40. The van der Waals surface area contributed by atoms with Crippen LogP contribution in [0.3, 0.4) is 0 Å². The fourth-order valence-corrected chi connectivity index (χ4v) is 6.45. The van der Waals surface area contributed by atoms with Gasteiger partial charge in [-0.3, -0.25) is 0 Å². The molecule has 2 aliphatic rings. The van der Waals surface area contributed by atoms with Gasteiger partial charge in [-0.25, -0.2) is 13.2 Å². The fraction of sp³-hybridized carbons (Fsp3) is 0.350. The molecule has 2 unspecified atom stereocenters. The average molecular weight is 439 g/mol. The van der Waals surface area contributed by atoms with E-state index in [1.54, 1.807) is 53.4 Å². The number of urea groups is 1. The van der Waals surface area contributed by atoms with Crippen molar-refractivity contribution in [3.05, 3.63) is 58.6 Å². The number of sulfone groups is 1. The zero-order chi connectivity index (χ0) is 19.9. The number of fused-ring (bicyclic) bond motifs is 2. The maximum absolute atomic E-state index is 13.0. The summed E-state index contributed by atoms with van der Waals surface area (Å²) in [5, 5.41) is 3.20. The van der Waals surface area contributed by atoms with E-state index >= 15 is 0 Å². The van der Waals surface area contributed by atoms with Crippen LogP contribution >= 0.6 is 23.2 Å². The topological polar surface area (TPSA) is 66.5 Å². The second-order valence-electron chi connectivity index (χ2n) is 7.30. The van der Waals surface area contributed by atoms with Crippen LogP contribution in [-0.4, -0.2) is 36.7 Å². The van der Waals surface area contributed by atoms with Crippen LogP contribution in [0, 0.1) is 0 Å². The van der Waals surface area contributed by atoms with Crippen LogP contribution in [-0.2, 0) is 9.84 Å². The Balaban J connectivity index is 1.49. The third kappa shape index (κ3) is 3.61. The summed E-state index contributed by atoms with van der Waals surface area (Å²) in [4.78, 5) is 15.0. The second kappa shape index (κ2) is 7.58. The van der Waals surface area contributed by atoms with Crippen molar-refractivity contribution in [1.82, 2.24) is 4.90 Å². The Morgan fingerprint density at radius 1 is 0.964 bits per heavy atom. The number of piperidine rings is 1. The van der Waals surface area contributed by atoms with Gasteiger partial charge in [-0.15, -0.1) is 0 Å². The van der Waals surface area contributed by atoms with E-state index < -0.39 is 15.1 Å². The molecule has 0 saturated carbocycles. The molecule has 2 saturated heterocycles. The third-order valence-electron chi connectivity index (χ3n) is 5.61. The monoisotopic (exact) mass is 438 g/mol. The Morgan fingerprint density at radius 2 is 1.61 bits per heavy atom. The van der Waals surface area contributed by atoms with E-state index in [2.05, 4.69) is 5.32 Å². The molecule has 28 heavy (non-hydrogen) atoms. The van der Waals surface area contributed by atoms with E-state index in [9.17, 15) is 13.2 Å². The zero-order valence-corrected chi connectivity index (χ0v) is 17.3. The van der Waals surface area contributed by atoms with E-state index in [0.29, 0.717) is 33.5 Å². The van der Waals surface area contributed by atoms with E-state index in [4.69, 9.17) is 23.2 Å². The molecule has 4 rings (SSSR count). The highest BCUT2D eigenvalue weighted by Gasteiger charge is 2.47. The molecule has 0 aliphatic carbocycles. The maximum Gasteiger partial charge on any atom is 0.322 e. The van der Waals surface area contributed by atoms with Gasteiger partial charge in [0.2, 0.25) is 0 Å². The standard InChI is InChI=1S/C20H20Cl2N2O3S/c21-18-9-6-13(10-19(18)22)23-20(25)24-14-7-8-15(24)12-17(11-14)28(26,27)16-4-2-1-3-5-16/h1-6,9-10,14-15,17H,7-8,11-12H2,(H,23,25). The van der Waals surface area contributed by atoms with Crippen molar-refractivity contribution in [3.63, 3.8) is 0 Å². The first kappa shape index (κ1) is 19.6. The molecule has 2 aliphatic heterocycles. The van der Waals surface area contributed by atoms with Crippen molar-refractivity contribution < 1.29 is 13.2 Å². The lowest BCUT2D eigenvalue weighted by atomic mass is 10.0. The van der Waals surface area contributed by atoms with Crippen LogP contribution in [0.1, 0.15) is 25.7 Å². The quantitative estimate of drug-likeness (QED) is 0.733. The Kier molecular flexibility index (Phi) is 5.29. The van der Waals surface area contributed by atoms with Crippen molar-refractivity contribution >= 4 is 44.8 Å². The Morgan fingerprint density at radius 3 is 2.21 bits per heavy atom. The number of hydrogen-bond acceptors (Lipinski definition) is 3. The molecule has 148 valence electrons. The van der Waals surface area contributed by atoms with Gasteiger partial charge in [0.05, 0.1) is 20.2 Å². The molecular formula is C20H20Cl2N2O3S. The van der Waals surface area contributed by atoms with Gasteiger partial charge in [0.25, 0.3) is 0 Å². The number of anilines is 1. The van der Waals surface area contributed by atoms with Gasteiger partial charge >= 0.3 is 6.03 Å². The normalized spacial score (nSPS) is 24.2. The predicted octanol–water partition coefficient (Wildman–Crippen LogP) is 4.99. The van der Waals surface area contributed by atoms with Gasteiger partial charge in [0.15, 0.2) is 9.84 Å². The molecule has 1 N–H and O–H groups in total. The molecule has 0 spiro atoms. The summed E-state index contributed by atoms with van der Waals surface area (Å²) in [6.07, 6.45) is 2.56. The number of halogens is 2. The number of hydrogen-bond donors (Lipinski definition) is 1. The van der Waals surface area contributed by atoms with Crippen LogP contribution in [0.25, 0.3) is 0 Å². The van der Waals surface area contributed by atoms with Crippen molar-refractivity contribution in [2.24, 2.45) is 0 Å². The highest BCUT2D eigenvalue weighted by atomic mass is 35.5. The molecule has 2 aromatic carbocycles. The van der Waals surface area contributed by atoms with Gasteiger partial charge < -0.3 is 10.2 Å². The summed E-state index contributed by atoms with van der Waals surface area (Å²) < 4.78 is 26.0. The number of carbonyl (C=O) groups is 1. The van der Waals surface area contributed by atoms with Crippen LogP contribution in [0.4, 0.5) is 10.5 Å². The van der Waals surface area contributed by atoms with Crippen molar-refractivity contribution in [3.8, 4) is 0 Å². The summed E-state index contributed by atoms with van der Waals surface area (Å²) in [6.45, 7) is 0. The molecule has 2 atom stereocenters. The molecule has 2 fully saturated rings. The van der Waals surface area contributed by atoms with Gasteiger partial charge in [-0.2, -0.15) is 0 Å². The van der Waals surface area contributed by atoms with Gasteiger partial charge in [0, 0.05) is 17.8 Å². The molecule has 2 heterocycles. The van der Waals surface area contributed by atoms with Crippen molar-refractivity contribution in [1.29, 1.82) is 0 Å². The predicted molar refractivity (Wildman–Crippen MR) is 111 cm³/mol. The smallest absolute Gasteiger partial charge is 0.318 e. The summed E-state index contributed by atoms with van der Waals surface area (Å²) in [5.74, 6) is 0. The Hall–Kier alpha value is -1.76. The minimum atomic E-state index is -3.40. The summed E-state index contributed by atoms with van der Waals surface area (Å²) in [5.41, 5.74) is 0.567. The number of carbonyl (C=O) groups excluding carboxylic acids is 1. The molecule has 2 amide bonds. The van der Waals surface area contributed by atoms with Crippen molar-refractivity contribution in [2.45, 2.75) is 47.9 Å². The summed E-state index contributed by atoms with van der Waals surface area (Å²) in [7, 11) is -3.40. The van der Waals surface area contributed by atoms with E-state index in [-0.39, 0.29) is 18.1 Å². The fourth-order valence-electron chi connectivity index (χ4n) is 4.28. The van der Waals surface area contributed by atoms with Crippen LogP contribution in [0.15, 0.2) is 53.4 Å². The minimum Gasteiger partial charge on any atom is -0.318 e. The highest BCUT2D eigenvalue weighted by molar-refractivity contribution is 7.92. The lowest BCUT2D eigenvalue weighted by Gasteiger charge is -2.38. The number of nitrogens with zero attached hydrogens (tertiary/aromatic N) is 1. The molecule has 2 bridgehead atoms. The summed E-state index contributed by atoms with van der Waals surface area (Å²) in [6, 6.07) is 13.1. The third-order valence-corrected chi connectivity index (χ3v) is 8.54. The number of nitrogens with one attached hydrogen (secondary N) is 1. The molecular weight excluding hydrogens is 419 g/mol. The van der Waals surface area contributed by atoms with Gasteiger partial charge in [-0.1, -0.05) is 41.4 Å². The summed E-state index contributed by atoms with van der Waals surface area (Å²) >= 11 is 11.9. The lowest BCUT2D eigenvalue weighted by Crippen LogP contribution is -2.51. The molecule has 8 heteroatoms. The largest absolute Gasteiger partial charge is 0.322 e. The zero-order valence-electron chi connectivity index (χ0n) is 15.0. The van der Waals surface area contributed by atoms with Crippen LogP contribution in [0.2, 0.25) is 10.0 Å². The van der Waals surface area contributed by atoms with Crippen LogP contribution in [0.5, 0.6) is 0 Å². The Labute approximate surface area is 174 Å². The molecule has 2 aromatic rings. The van der Waals surface area contributed by atoms with Gasteiger partial charge in [-0.05, 0) is 56.0 Å². The number of amides is 2. The molecule has 5 nitrogen and oxygen atoms in total. The maximum atomic E-state index is 13.0. The first-order valence-electron chi connectivity index (χ1n) is 9.19. The van der Waals surface area contributed by atoms with E-state index in [0.717, 1.165) is 12.8 Å². The average Bonchev–Trinajstić information content (AvgIpc) is 2.95. The number of benzene rings is 2. The molecule has 0 radical (unpaired) electrons. The SMILES string of the molecule is O=C(Nc1ccc(Cl)c(Cl)c1)N1C2CCC1CC(S(=O)(=O)c1ccccc1)C2. The van der Waals surface area contributed by atoms with Crippen LogP contribution < -0.4 is 5.32 Å². The first-order chi connectivity index (χ1) is 13.4. The minimum absolute atomic E-state index is 0.0787.